The highest BCUT2D eigenvalue weighted by molar-refractivity contribution is 6.31. The lowest BCUT2D eigenvalue weighted by Crippen LogP contribution is -2.24. The first-order valence-electron chi connectivity index (χ1n) is 7.05. The molecule has 0 saturated heterocycles. The van der Waals surface area contributed by atoms with E-state index in [2.05, 4.69) is 22.3 Å². The smallest absolute Gasteiger partial charge is 0.130 e. The maximum Gasteiger partial charge on any atom is 0.130 e. The number of nitrogens with one attached hydrogen (secondary N) is 1. The molecule has 0 bridgehead atoms. The van der Waals surface area contributed by atoms with Crippen LogP contribution in [0.1, 0.15) is 36.2 Å². The molecule has 0 aliphatic rings. The van der Waals surface area contributed by atoms with Gasteiger partial charge in [0.05, 0.1) is 10.7 Å². The highest BCUT2D eigenvalue weighted by Gasteiger charge is 2.20. The molecule has 114 valence electrons. The summed E-state index contributed by atoms with van der Waals surface area (Å²) in [6, 6.07) is 2.05. The van der Waals surface area contributed by atoms with E-state index in [-0.39, 0.29) is 6.04 Å². The van der Waals surface area contributed by atoms with Gasteiger partial charge >= 0.3 is 0 Å². The van der Waals surface area contributed by atoms with Gasteiger partial charge in [0.15, 0.2) is 0 Å². The second-order valence-electron chi connectivity index (χ2n) is 5.09. The van der Waals surface area contributed by atoms with E-state index in [1.54, 1.807) is 17.1 Å². The van der Waals surface area contributed by atoms with Crippen LogP contribution in [0.4, 0.5) is 0 Å². The third-order valence-corrected chi connectivity index (χ3v) is 4.29. The SMILES string of the molecule is CCCNC(Cc1c(C)nn(C)c1Cl)c1ccncc1Cl. The monoisotopic (exact) mass is 326 g/mol. The fourth-order valence-electron chi connectivity index (χ4n) is 2.39. The van der Waals surface area contributed by atoms with Crippen LogP contribution in [0.3, 0.4) is 0 Å². The molecule has 2 rings (SSSR count). The molecule has 1 N–H and O–H groups in total. The van der Waals surface area contributed by atoms with Crippen molar-refractivity contribution in [2.24, 2.45) is 7.05 Å². The molecule has 0 aromatic carbocycles. The highest BCUT2D eigenvalue weighted by Crippen LogP contribution is 2.29. The van der Waals surface area contributed by atoms with E-state index < -0.39 is 0 Å². The van der Waals surface area contributed by atoms with Gasteiger partial charge in [-0.3, -0.25) is 9.67 Å². The number of hydrogen-bond acceptors (Lipinski definition) is 3. The van der Waals surface area contributed by atoms with Gasteiger partial charge in [-0.1, -0.05) is 30.1 Å². The predicted molar refractivity (Wildman–Crippen MR) is 86.9 cm³/mol. The van der Waals surface area contributed by atoms with E-state index in [4.69, 9.17) is 23.2 Å². The summed E-state index contributed by atoms with van der Waals surface area (Å²) >= 11 is 12.6. The average molecular weight is 327 g/mol. The van der Waals surface area contributed by atoms with E-state index in [0.717, 1.165) is 36.2 Å². The van der Waals surface area contributed by atoms with Gasteiger partial charge < -0.3 is 5.32 Å². The Hall–Kier alpha value is -1.10. The van der Waals surface area contributed by atoms with Crippen LogP contribution in [0.5, 0.6) is 0 Å². The molecule has 2 aromatic rings. The van der Waals surface area contributed by atoms with Gasteiger partial charge in [0.2, 0.25) is 0 Å². The first-order valence-corrected chi connectivity index (χ1v) is 7.81. The number of nitrogens with zero attached hydrogens (tertiary/aromatic N) is 3. The van der Waals surface area contributed by atoms with Gasteiger partial charge in [-0.05, 0) is 37.9 Å². The van der Waals surface area contributed by atoms with E-state index in [1.807, 2.05) is 20.0 Å². The Morgan fingerprint density at radius 2 is 2.14 bits per heavy atom. The van der Waals surface area contributed by atoms with Crippen molar-refractivity contribution in [3.8, 4) is 0 Å². The zero-order valence-corrected chi connectivity index (χ0v) is 14.0. The third kappa shape index (κ3) is 3.76. The van der Waals surface area contributed by atoms with Crippen molar-refractivity contribution >= 4 is 23.2 Å². The molecular weight excluding hydrogens is 307 g/mol. The van der Waals surface area contributed by atoms with Crippen molar-refractivity contribution in [2.45, 2.75) is 32.7 Å². The lowest BCUT2D eigenvalue weighted by atomic mass is 10.00. The molecule has 6 heteroatoms. The predicted octanol–water partition coefficient (Wildman–Crippen LogP) is 3.71. The van der Waals surface area contributed by atoms with Crippen molar-refractivity contribution in [3.63, 3.8) is 0 Å². The topological polar surface area (TPSA) is 42.7 Å². The number of hydrogen-bond donors (Lipinski definition) is 1. The fourth-order valence-corrected chi connectivity index (χ4v) is 2.89. The normalized spacial score (nSPS) is 12.6. The average Bonchev–Trinajstić information content (AvgIpc) is 2.70. The standard InChI is InChI=1S/C15H20Cl2N4/c1-4-6-19-14(11-5-7-18-9-13(11)16)8-12-10(2)20-21(3)15(12)17/h5,7,9,14,19H,4,6,8H2,1-3H3. The molecule has 0 fully saturated rings. The summed E-state index contributed by atoms with van der Waals surface area (Å²) in [5, 5.41) is 9.25. The van der Waals surface area contributed by atoms with Gasteiger partial charge in [-0.25, -0.2) is 0 Å². The van der Waals surface area contributed by atoms with Crippen molar-refractivity contribution < 1.29 is 0 Å². The van der Waals surface area contributed by atoms with Crippen molar-refractivity contribution in [1.29, 1.82) is 0 Å². The van der Waals surface area contributed by atoms with Crippen LogP contribution in [0, 0.1) is 6.92 Å². The molecule has 1 unspecified atom stereocenters. The Kier molecular flexibility index (Phi) is 5.62. The number of aromatic nitrogens is 3. The first-order chi connectivity index (χ1) is 10.0. The van der Waals surface area contributed by atoms with Gasteiger partial charge in [-0.2, -0.15) is 5.10 Å². The Balaban J connectivity index is 2.31. The van der Waals surface area contributed by atoms with Crippen LogP contribution >= 0.6 is 23.2 Å². The highest BCUT2D eigenvalue weighted by atomic mass is 35.5. The molecule has 0 spiro atoms. The van der Waals surface area contributed by atoms with Crippen LogP contribution in [-0.4, -0.2) is 21.3 Å². The minimum Gasteiger partial charge on any atom is -0.310 e. The summed E-state index contributed by atoms with van der Waals surface area (Å²) in [5.41, 5.74) is 3.05. The number of pyridine rings is 1. The summed E-state index contributed by atoms with van der Waals surface area (Å²) in [6.07, 6.45) is 5.25. The minimum absolute atomic E-state index is 0.0980. The van der Waals surface area contributed by atoms with E-state index in [0.29, 0.717) is 10.2 Å². The molecule has 1 atom stereocenters. The Labute approximate surface area is 135 Å². The van der Waals surface area contributed by atoms with Gasteiger partial charge in [0.1, 0.15) is 5.15 Å². The Morgan fingerprint density at radius 1 is 1.38 bits per heavy atom. The molecule has 0 aliphatic heterocycles. The summed E-state index contributed by atoms with van der Waals surface area (Å²) in [4.78, 5) is 4.05. The van der Waals surface area contributed by atoms with Crippen molar-refractivity contribution in [3.05, 3.63) is 45.5 Å². The number of aryl methyl sites for hydroxylation is 2. The van der Waals surface area contributed by atoms with E-state index in [9.17, 15) is 0 Å². The molecule has 0 aliphatic carbocycles. The molecule has 2 aromatic heterocycles. The molecule has 21 heavy (non-hydrogen) atoms. The van der Waals surface area contributed by atoms with Crippen LogP contribution in [0.15, 0.2) is 18.5 Å². The van der Waals surface area contributed by atoms with Crippen LogP contribution in [0.2, 0.25) is 10.2 Å². The lowest BCUT2D eigenvalue weighted by Gasteiger charge is -2.20. The van der Waals surface area contributed by atoms with Crippen LogP contribution in [0.25, 0.3) is 0 Å². The van der Waals surface area contributed by atoms with Crippen LogP contribution in [-0.2, 0) is 13.5 Å². The quantitative estimate of drug-likeness (QED) is 0.879. The second kappa shape index (κ2) is 7.25. The number of halogens is 2. The number of rotatable bonds is 6. The van der Waals surface area contributed by atoms with Crippen molar-refractivity contribution in [1.82, 2.24) is 20.1 Å². The Bertz CT molecular complexity index is 610. The van der Waals surface area contributed by atoms with Gasteiger partial charge in [-0.15, -0.1) is 0 Å². The molecular formula is C15H20Cl2N4. The minimum atomic E-state index is 0.0980. The summed E-state index contributed by atoms with van der Waals surface area (Å²) in [7, 11) is 1.85. The maximum atomic E-state index is 6.35. The van der Waals surface area contributed by atoms with E-state index >= 15 is 0 Å². The summed E-state index contributed by atoms with van der Waals surface area (Å²) < 4.78 is 1.71. The zero-order chi connectivity index (χ0) is 15.4. The fraction of sp³-hybridized carbons (Fsp3) is 0.467. The van der Waals surface area contributed by atoms with E-state index in [1.165, 1.54) is 0 Å². The molecule has 0 amide bonds. The van der Waals surface area contributed by atoms with Gasteiger partial charge in [0.25, 0.3) is 0 Å². The van der Waals surface area contributed by atoms with Crippen molar-refractivity contribution in [2.75, 3.05) is 6.54 Å². The molecule has 2 heterocycles. The summed E-state index contributed by atoms with van der Waals surface area (Å²) in [5.74, 6) is 0. The lowest BCUT2D eigenvalue weighted by molar-refractivity contribution is 0.528. The molecule has 0 saturated carbocycles. The Morgan fingerprint density at radius 3 is 2.71 bits per heavy atom. The third-order valence-electron chi connectivity index (χ3n) is 3.50. The summed E-state index contributed by atoms with van der Waals surface area (Å²) in [6.45, 7) is 5.03. The van der Waals surface area contributed by atoms with Gasteiger partial charge in [0, 0.05) is 31.0 Å². The first kappa shape index (κ1) is 16.3. The molecule has 4 nitrogen and oxygen atoms in total. The second-order valence-corrected chi connectivity index (χ2v) is 5.85. The largest absolute Gasteiger partial charge is 0.310 e. The zero-order valence-electron chi connectivity index (χ0n) is 12.5. The van der Waals surface area contributed by atoms with Crippen LogP contribution < -0.4 is 5.32 Å². The maximum absolute atomic E-state index is 6.35. The molecule has 0 radical (unpaired) electrons.